The molecule has 3 aromatic rings. The summed E-state index contributed by atoms with van der Waals surface area (Å²) in [7, 11) is 0. The molecule has 0 saturated carbocycles. The lowest BCUT2D eigenvalue weighted by Gasteiger charge is -2.12. The van der Waals surface area contributed by atoms with E-state index in [1.807, 2.05) is 73.7 Å². The number of rotatable bonds is 18. The van der Waals surface area contributed by atoms with Gasteiger partial charge in [-0.25, -0.2) is 9.59 Å². The highest BCUT2D eigenvalue weighted by molar-refractivity contribution is 5.81. The number of aryl methyl sites for hydroxylation is 1. The summed E-state index contributed by atoms with van der Waals surface area (Å²) in [5.74, 6) is 3.46. The van der Waals surface area contributed by atoms with Crippen molar-refractivity contribution in [1.82, 2.24) is 0 Å². The molecule has 0 amide bonds. The van der Waals surface area contributed by atoms with E-state index in [0.717, 1.165) is 60.6 Å². The Labute approximate surface area is 241 Å². The fraction of sp³-hybridized carbons (Fsp3) is 0.273. The van der Waals surface area contributed by atoms with Crippen molar-refractivity contribution in [3.63, 3.8) is 0 Å². The Kier molecular flexibility index (Phi) is 12.8. The molecule has 3 aromatic carbocycles. The summed E-state index contributed by atoms with van der Waals surface area (Å²) in [6.45, 7) is 10.4. The van der Waals surface area contributed by atoms with Gasteiger partial charge in [0.25, 0.3) is 0 Å². The van der Waals surface area contributed by atoms with Crippen LogP contribution in [0.3, 0.4) is 0 Å². The molecule has 3 rings (SSSR count). The van der Waals surface area contributed by atoms with E-state index in [-0.39, 0.29) is 0 Å². The molecular weight excluding hydrogens is 524 g/mol. The standard InChI is InChI=1S/C33H36O8/c1-4-32(34)38-22-8-6-20-36-26-10-14-28(15-11-26)40-30-18-19-31(25(3)24-30)41-29-16-12-27(13-17-29)37-21-7-9-23-39-33(35)5-2/h4-5,10-19,24H,1-2,6-9,20-23H2,3H3. The maximum Gasteiger partial charge on any atom is 0.330 e. The zero-order valence-corrected chi connectivity index (χ0v) is 23.3. The van der Waals surface area contributed by atoms with Gasteiger partial charge in [-0.3, -0.25) is 0 Å². The average Bonchev–Trinajstić information content (AvgIpc) is 2.99. The van der Waals surface area contributed by atoms with E-state index in [4.69, 9.17) is 28.4 Å². The molecule has 8 heteroatoms. The number of carbonyl (C=O) groups is 2. The number of carbonyl (C=O) groups excluding carboxylic acids is 2. The van der Waals surface area contributed by atoms with Crippen molar-refractivity contribution in [2.45, 2.75) is 32.6 Å². The Morgan fingerprint density at radius 2 is 1.00 bits per heavy atom. The molecule has 0 atom stereocenters. The number of hydrogen-bond donors (Lipinski definition) is 0. The summed E-state index contributed by atoms with van der Waals surface area (Å²) in [4.78, 5) is 22.0. The second-order valence-electron chi connectivity index (χ2n) is 8.93. The molecule has 0 radical (unpaired) electrons. The number of unbranched alkanes of at least 4 members (excludes halogenated alkanes) is 2. The maximum atomic E-state index is 11.0. The molecule has 0 bridgehead atoms. The van der Waals surface area contributed by atoms with E-state index >= 15 is 0 Å². The zero-order chi connectivity index (χ0) is 29.3. The van der Waals surface area contributed by atoms with E-state index in [2.05, 4.69) is 13.2 Å². The van der Waals surface area contributed by atoms with Crippen molar-refractivity contribution in [2.75, 3.05) is 26.4 Å². The number of esters is 2. The minimum Gasteiger partial charge on any atom is -0.494 e. The van der Waals surface area contributed by atoms with Crippen LogP contribution in [0.25, 0.3) is 0 Å². The van der Waals surface area contributed by atoms with E-state index in [1.165, 1.54) is 0 Å². The molecular formula is C33H36O8. The predicted octanol–water partition coefficient (Wildman–Crippen LogP) is 7.36. The summed E-state index contributed by atoms with van der Waals surface area (Å²) >= 11 is 0. The van der Waals surface area contributed by atoms with Crippen molar-refractivity contribution in [3.05, 3.63) is 97.6 Å². The molecule has 216 valence electrons. The van der Waals surface area contributed by atoms with Gasteiger partial charge in [0.15, 0.2) is 0 Å². The Balaban J connectivity index is 1.39. The molecule has 0 aliphatic rings. The summed E-state index contributed by atoms with van der Waals surface area (Å²) in [5.41, 5.74) is 0.929. The smallest absolute Gasteiger partial charge is 0.330 e. The monoisotopic (exact) mass is 560 g/mol. The highest BCUT2D eigenvalue weighted by Gasteiger charge is 2.06. The molecule has 0 aromatic heterocycles. The molecule has 41 heavy (non-hydrogen) atoms. The minimum atomic E-state index is -0.411. The van der Waals surface area contributed by atoms with E-state index in [0.29, 0.717) is 43.7 Å². The fourth-order valence-electron chi connectivity index (χ4n) is 3.52. The van der Waals surface area contributed by atoms with Crippen LogP contribution < -0.4 is 18.9 Å². The van der Waals surface area contributed by atoms with Crippen LogP contribution in [0.2, 0.25) is 0 Å². The Morgan fingerprint density at radius 3 is 1.46 bits per heavy atom. The van der Waals surface area contributed by atoms with Gasteiger partial charge in [0.2, 0.25) is 0 Å². The van der Waals surface area contributed by atoms with Gasteiger partial charge in [-0.15, -0.1) is 0 Å². The molecule has 0 fully saturated rings. The molecule has 0 saturated heterocycles. The first-order valence-electron chi connectivity index (χ1n) is 13.5. The molecule has 0 heterocycles. The normalized spacial score (nSPS) is 10.3. The van der Waals surface area contributed by atoms with Crippen molar-refractivity contribution in [2.24, 2.45) is 0 Å². The lowest BCUT2D eigenvalue weighted by molar-refractivity contribution is -0.138. The van der Waals surface area contributed by atoms with Gasteiger partial charge in [-0.05, 0) is 105 Å². The predicted molar refractivity (Wildman–Crippen MR) is 156 cm³/mol. The van der Waals surface area contributed by atoms with Gasteiger partial charge in [0.05, 0.1) is 26.4 Å². The summed E-state index contributed by atoms with van der Waals surface area (Å²) in [6.07, 6.45) is 5.29. The third-order valence-electron chi connectivity index (χ3n) is 5.69. The molecule has 8 nitrogen and oxygen atoms in total. The topological polar surface area (TPSA) is 89.5 Å². The van der Waals surface area contributed by atoms with E-state index in [1.54, 1.807) is 0 Å². The highest BCUT2D eigenvalue weighted by atomic mass is 16.5. The molecule has 0 aliphatic heterocycles. The number of benzene rings is 3. The molecule has 0 unspecified atom stereocenters. The Morgan fingerprint density at radius 1 is 0.585 bits per heavy atom. The minimum absolute atomic E-state index is 0.353. The fourth-order valence-corrected chi connectivity index (χ4v) is 3.52. The zero-order valence-electron chi connectivity index (χ0n) is 23.3. The number of hydrogen-bond acceptors (Lipinski definition) is 8. The van der Waals surface area contributed by atoms with Gasteiger partial charge in [-0.1, -0.05) is 13.2 Å². The van der Waals surface area contributed by atoms with Crippen LogP contribution >= 0.6 is 0 Å². The largest absolute Gasteiger partial charge is 0.494 e. The van der Waals surface area contributed by atoms with Crippen molar-refractivity contribution >= 4 is 11.9 Å². The first-order chi connectivity index (χ1) is 20.0. The Bertz CT molecular complexity index is 1270. The van der Waals surface area contributed by atoms with Crippen molar-refractivity contribution in [1.29, 1.82) is 0 Å². The third kappa shape index (κ3) is 11.5. The quantitative estimate of drug-likeness (QED) is 0.0906. The van der Waals surface area contributed by atoms with Crippen LogP contribution in [-0.2, 0) is 19.1 Å². The van der Waals surface area contributed by atoms with Crippen molar-refractivity contribution in [3.8, 4) is 34.5 Å². The van der Waals surface area contributed by atoms with Crippen LogP contribution in [0.1, 0.15) is 31.2 Å². The van der Waals surface area contributed by atoms with Gasteiger partial charge in [-0.2, -0.15) is 0 Å². The van der Waals surface area contributed by atoms with Gasteiger partial charge in [0.1, 0.15) is 34.5 Å². The average molecular weight is 561 g/mol. The second-order valence-corrected chi connectivity index (χ2v) is 8.93. The van der Waals surface area contributed by atoms with Crippen LogP contribution in [0.4, 0.5) is 0 Å². The molecule has 0 N–H and O–H groups in total. The number of ether oxygens (including phenoxy) is 6. The lowest BCUT2D eigenvalue weighted by atomic mass is 10.2. The molecule has 0 aliphatic carbocycles. The van der Waals surface area contributed by atoms with Crippen LogP contribution in [0, 0.1) is 6.92 Å². The first-order valence-corrected chi connectivity index (χ1v) is 13.5. The SMILES string of the molecule is C=CC(=O)OCCCCOc1ccc(Oc2ccc(Oc3ccc(OCCCCOC(=O)C=C)cc3)c(C)c2)cc1. The van der Waals surface area contributed by atoms with Crippen molar-refractivity contribution < 1.29 is 38.0 Å². The maximum absolute atomic E-state index is 11.0. The van der Waals surface area contributed by atoms with Gasteiger partial charge in [0, 0.05) is 12.2 Å². The van der Waals surface area contributed by atoms with Crippen LogP contribution in [-0.4, -0.2) is 38.4 Å². The Hall–Kier alpha value is -4.72. The summed E-state index contributed by atoms with van der Waals surface area (Å²) in [5, 5.41) is 0. The molecule has 0 spiro atoms. The summed E-state index contributed by atoms with van der Waals surface area (Å²) < 4.78 is 33.4. The van der Waals surface area contributed by atoms with E-state index < -0.39 is 11.9 Å². The second kappa shape index (κ2) is 17.1. The first kappa shape index (κ1) is 30.8. The van der Waals surface area contributed by atoms with Gasteiger partial charge < -0.3 is 28.4 Å². The lowest BCUT2D eigenvalue weighted by Crippen LogP contribution is -2.04. The third-order valence-corrected chi connectivity index (χ3v) is 5.69. The summed E-state index contributed by atoms with van der Waals surface area (Å²) in [6, 6.07) is 20.5. The van der Waals surface area contributed by atoms with E-state index in [9.17, 15) is 9.59 Å². The van der Waals surface area contributed by atoms with Gasteiger partial charge >= 0.3 is 11.9 Å². The van der Waals surface area contributed by atoms with Crippen LogP contribution in [0.15, 0.2) is 92.0 Å². The highest BCUT2D eigenvalue weighted by Crippen LogP contribution is 2.31. The van der Waals surface area contributed by atoms with Crippen LogP contribution in [0.5, 0.6) is 34.5 Å².